The van der Waals surface area contributed by atoms with Gasteiger partial charge in [-0.15, -0.1) is 6.42 Å². The van der Waals surface area contributed by atoms with E-state index in [0.717, 1.165) is 12.8 Å². The maximum Gasteiger partial charge on any atom is 0.272 e. The largest absolute Gasteiger partial charge is 0.396 e. The molecule has 0 bridgehead atoms. The fourth-order valence-corrected chi connectivity index (χ4v) is 1.45. The normalized spacial score (nSPS) is 11.8. The zero-order valence-electron chi connectivity index (χ0n) is 9.53. The molecule has 1 aromatic heterocycles. The number of carbonyl (C=O) groups excluding carboxylic acids is 1. The number of nitrogens with one attached hydrogen (secondary N) is 1. The number of hydrogen-bond donors (Lipinski definition) is 2. The van der Waals surface area contributed by atoms with E-state index in [2.05, 4.69) is 16.3 Å². The minimum atomic E-state index is -0.283. The summed E-state index contributed by atoms with van der Waals surface area (Å²) in [7, 11) is 1.66. The highest BCUT2D eigenvalue weighted by molar-refractivity contribution is 5.97. The van der Waals surface area contributed by atoms with E-state index in [1.54, 1.807) is 7.05 Å². The van der Waals surface area contributed by atoms with E-state index in [0.29, 0.717) is 11.4 Å². The molecule has 1 heterocycles. The van der Waals surface area contributed by atoms with Gasteiger partial charge >= 0.3 is 0 Å². The third-order valence-corrected chi connectivity index (χ3v) is 2.27. The number of aryl methyl sites for hydroxylation is 1. The van der Waals surface area contributed by atoms with Gasteiger partial charge in [-0.25, -0.2) is 0 Å². The number of carbonyl (C=O) groups is 1. The molecule has 0 saturated heterocycles. The Hall–Kier alpha value is -1.96. The van der Waals surface area contributed by atoms with E-state index < -0.39 is 0 Å². The Morgan fingerprint density at radius 3 is 2.94 bits per heavy atom. The lowest BCUT2D eigenvalue weighted by Gasteiger charge is -2.12. The van der Waals surface area contributed by atoms with Crippen LogP contribution in [-0.2, 0) is 7.05 Å². The minimum absolute atomic E-state index is 0.258. The van der Waals surface area contributed by atoms with Crippen LogP contribution in [0.3, 0.4) is 0 Å². The maximum absolute atomic E-state index is 11.8. The summed E-state index contributed by atoms with van der Waals surface area (Å²) in [6.45, 7) is 2.01. The fourth-order valence-electron chi connectivity index (χ4n) is 1.45. The monoisotopic (exact) mass is 220 g/mol. The number of hydrogen-bond acceptors (Lipinski definition) is 3. The van der Waals surface area contributed by atoms with Gasteiger partial charge in [0.2, 0.25) is 0 Å². The van der Waals surface area contributed by atoms with Gasteiger partial charge in [-0.2, -0.15) is 5.10 Å². The van der Waals surface area contributed by atoms with Crippen LogP contribution < -0.4 is 11.1 Å². The second kappa shape index (κ2) is 5.21. The smallest absolute Gasteiger partial charge is 0.272 e. The predicted molar refractivity (Wildman–Crippen MR) is 62.6 cm³/mol. The van der Waals surface area contributed by atoms with Gasteiger partial charge in [0.25, 0.3) is 5.91 Å². The van der Waals surface area contributed by atoms with Crippen LogP contribution >= 0.6 is 0 Å². The summed E-state index contributed by atoms with van der Waals surface area (Å²) in [6, 6.07) is -0.258. The van der Waals surface area contributed by atoms with Gasteiger partial charge in [0, 0.05) is 7.05 Å². The van der Waals surface area contributed by atoms with Crippen LogP contribution in [0.25, 0.3) is 0 Å². The molecule has 0 aliphatic heterocycles. The van der Waals surface area contributed by atoms with Crippen LogP contribution in [0, 0.1) is 12.3 Å². The molecule has 0 spiro atoms. The van der Waals surface area contributed by atoms with Gasteiger partial charge in [-0.3, -0.25) is 9.48 Å². The summed E-state index contributed by atoms with van der Waals surface area (Å²) in [5.74, 6) is 2.25. The van der Waals surface area contributed by atoms with Crippen molar-refractivity contribution in [1.82, 2.24) is 15.1 Å². The van der Waals surface area contributed by atoms with Crippen molar-refractivity contribution in [2.75, 3.05) is 5.73 Å². The van der Waals surface area contributed by atoms with Crippen molar-refractivity contribution in [2.24, 2.45) is 7.05 Å². The number of amides is 1. The van der Waals surface area contributed by atoms with Crippen molar-refractivity contribution in [3.05, 3.63) is 11.9 Å². The van der Waals surface area contributed by atoms with Crippen LogP contribution in [0.5, 0.6) is 0 Å². The van der Waals surface area contributed by atoms with E-state index in [4.69, 9.17) is 12.2 Å². The average molecular weight is 220 g/mol. The van der Waals surface area contributed by atoms with Crippen LogP contribution in [0.4, 0.5) is 5.69 Å². The van der Waals surface area contributed by atoms with Gasteiger partial charge in [0.15, 0.2) is 0 Å². The standard InChI is InChI=1S/C11H16N4O/c1-4-6-8(5-2)14-11(16)10-9(12)7-13-15(10)3/h2,7-8H,4,6,12H2,1,3H3,(H,14,16). The second-order valence-electron chi connectivity index (χ2n) is 3.55. The summed E-state index contributed by atoms with van der Waals surface area (Å²) in [4.78, 5) is 11.8. The first-order chi connectivity index (χ1) is 7.60. The summed E-state index contributed by atoms with van der Waals surface area (Å²) < 4.78 is 1.43. The highest BCUT2D eigenvalue weighted by Crippen LogP contribution is 2.09. The van der Waals surface area contributed by atoms with Crippen molar-refractivity contribution in [3.63, 3.8) is 0 Å². The third-order valence-electron chi connectivity index (χ3n) is 2.27. The van der Waals surface area contributed by atoms with Crippen LogP contribution in [0.15, 0.2) is 6.20 Å². The first-order valence-electron chi connectivity index (χ1n) is 5.14. The number of nitrogen functional groups attached to an aromatic ring is 1. The number of nitrogens with two attached hydrogens (primary N) is 1. The summed E-state index contributed by atoms with van der Waals surface area (Å²) in [6.07, 6.45) is 8.42. The number of rotatable bonds is 4. The van der Waals surface area contributed by atoms with E-state index in [-0.39, 0.29) is 11.9 Å². The van der Waals surface area contributed by atoms with E-state index in [1.165, 1.54) is 10.9 Å². The fraction of sp³-hybridized carbons (Fsp3) is 0.455. The lowest BCUT2D eigenvalue weighted by atomic mass is 10.1. The van der Waals surface area contributed by atoms with E-state index in [9.17, 15) is 4.79 Å². The van der Waals surface area contributed by atoms with Gasteiger partial charge in [0.1, 0.15) is 5.69 Å². The van der Waals surface area contributed by atoms with Crippen LogP contribution in [0.2, 0.25) is 0 Å². The third kappa shape index (κ3) is 2.54. The molecule has 1 aromatic rings. The molecule has 16 heavy (non-hydrogen) atoms. The molecule has 0 aromatic carbocycles. The lowest BCUT2D eigenvalue weighted by molar-refractivity contribution is 0.0936. The van der Waals surface area contributed by atoms with E-state index in [1.807, 2.05) is 6.92 Å². The maximum atomic E-state index is 11.8. The highest BCUT2D eigenvalue weighted by Gasteiger charge is 2.17. The summed E-state index contributed by atoms with van der Waals surface area (Å²) >= 11 is 0. The van der Waals surface area contributed by atoms with E-state index >= 15 is 0 Å². The molecule has 1 atom stereocenters. The van der Waals surface area contributed by atoms with Crippen molar-refractivity contribution >= 4 is 11.6 Å². The Balaban J connectivity index is 2.76. The summed E-state index contributed by atoms with van der Waals surface area (Å²) in [5, 5.41) is 6.63. The van der Waals surface area contributed by atoms with Crippen molar-refractivity contribution in [3.8, 4) is 12.3 Å². The SMILES string of the molecule is C#CC(CCC)NC(=O)c1c(N)cnn1C. The van der Waals surface area contributed by atoms with Crippen LogP contribution in [0.1, 0.15) is 30.3 Å². The van der Waals surface area contributed by atoms with Gasteiger partial charge in [-0.05, 0) is 6.42 Å². The molecule has 0 saturated carbocycles. The molecule has 86 valence electrons. The van der Waals surface area contributed by atoms with Gasteiger partial charge < -0.3 is 11.1 Å². The molecule has 0 aliphatic carbocycles. The molecule has 0 aliphatic rings. The van der Waals surface area contributed by atoms with Crippen molar-refractivity contribution in [2.45, 2.75) is 25.8 Å². The molecular weight excluding hydrogens is 204 g/mol. The lowest BCUT2D eigenvalue weighted by Crippen LogP contribution is -2.35. The molecule has 1 unspecified atom stereocenters. The average Bonchev–Trinajstić information content (AvgIpc) is 2.57. The molecule has 5 nitrogen and oxygen atoms in total. The van der Waals surface area contributed by atoms with Crippen LogP contribution in [-0.4, -0.2) is 21.7 Å². The number of aromatic nitrogens is 2. The molecule has 0 radical (unpaired) electrons. The number of nitrogens with zero attached hydrogens (tertiary/aromatic N) is 2. The van der Waals surface area contributed by atoms with Gasteiger partial charge in [-0.1, -0.05) is 19.3 Å². The molecule has 0 fully saturated rings. The molecule has 1 rings (SSSR count). The summed E-state index contributed by atoms with van der Waals surface area (Å²) in [5.41, 5.74) is 6.34. The Labute approximate surface area is 95.0 Å². The first kappa shape index (κ1) is 12.1. The number of anilines is 1. The Kier molecular flexibility index (Phi) is 3.95. The molecule has 3 N–H and O–H groups in total. The first-order valence-corrected chi connectivity index (χ1v) is 5.14. The second-order valence-corrected chi connectivity index (χ2v) is 3.55. The predicted octanol–water partition coefficient (Wildman–Crippen LogP) is 0.534. The van der Waals surface area contributed by atoms with Crippen molar-refractivity contribution in [1.29, 1.82) is 0 Å². The number of terminal acetylenes is 1. The van der Waals surface area contributed by atoms with Crippen molar-refractivity contribution < 1.29 is 4.79 Å². The topological polar surface area (TPSA) is 72.9 Å². The highest BCUT2D eigenvalue weighted by atomic mass is 16.2. The Bertz CT molecular complexity index is 397. The minimum Gasteiger partial charge on any atom is -0.396 e. The Morgan fingerprint density at radius 2 is 2.50 bits per heavy atom. The molecule has 1 amide bonds. The van der Waals surface area contributed by atoms with Gasteiger partial charge in [0.05, 0.1) is 17.9 Å². The Morgan fingerprint density at radius 1 is 1.81 bits per heavy atom. The zero-order valence-corrected chi connectivity index (χ0v) is 9.53. The molecule has 5 heteroatoms. The zero-order chi connectivity index (χ0) is 12.1. The molecular formula is C11H16N4O. The quantitative estimate of drug-likeness (QED) is 0.727.